The molecule has 0 aromatic carbocycles. The van der Waals surface area contributed by atoms with Crippen molar-refractivity contribution in [2.75, 3.05) is 19.7 Å². The second kappa shape index (κ2) is 5.38. The second-order valence-electron chi connectivity index (χ2n) is 5.66. The van der Waals surface area contributed by atoms with Gasteiger partial charge in [0.25, 0.3) is 5.92 Å². The quantitative estimate of drug-likeness (QED) is 0.833. The van der Waals surface area contributed by atoms with Gasteiger partial charge in [-0.05, 0) is 33.6 Å². The highest BCUT2D eigenvalue weighted by Gasteiger charge is 2.46. The molecule has 0 saturated carbocycles. The number of rotatable bonds is 2. The van der Waals surface area contributed by atoms with Crippen molar-refractivity contribution in [3.63, 3.8) is 0 Å². The minimum Gasteiger partial charge on any atom is -0.444 e. The Kier molecular flexibility index (Phi) is 4.53. The highest BCUT2D eigenvalue weighted by Crippen LogP contribution is 2.35. The average molecular weight is 265 g/mol. The highest BCUT2D eigenvalue weighted by molar-refractivity contribution is 5.68. The Labute approximate surface area is 106 Å². The number of aliphatic hydroxyl groups excluding tert-OH is 1. The number of halogens is 2. The van der Waals surface area contributed by atoms with Crippen molar-refractivity contribution < 1.29 is 23.4 Å². The number of piperidine rings is 1. The number of aliphatic hydroxyl groups is 1. The van der Waals surface area contributed by atoms with Crippen LogP contribution in [0.15, 0.2) is 0 Å². The summed E-state index contributed by atoms with van der Waals surface area (Å²) in [5.74, 6) is -3.82. The van der Waals surface area contributed by atoms with E-state index >= 15 is 0 Å². The number of hydrogen-bond donors (Lipinski definition) is 1. The summed E-state index contributed by atoms with van der Waals surface area (Å²) in [6, 6.07) is 0. The molecule has 1 atom stereocenters. The summed E-state index contributed by atoms with van der Waals surface area (Å²) in [6.07, 6.45) is -0.452. The number of alkyl halides is 2. The van der Waals surface area contributed by atoms with Crippen LogP contribution in [0.3, 0.4) is 0 Å². The van der Waals surface area contributed by atoms with Crippen LogP contribution in [0.25, 0.3) is 0 Å². The molecule has 0 bridgehead atoms. The molecule has 1 saturated heterocycles. The minimum absolute atomic E-state index is 0.0646. The minimum atomic E-state index is -2.96. The fraction of sp³-hybridized carbons (Fsp3) is 0.917. The van der Waals surface area contributed by atoms with Crippen molar-refractivity contribution in [3.8, 4) is 0 Å². The number of carbonyl (C=O) groups excluding carboxylic acids is 1. The van der Waals surface area contributed by atoms with Gasteiger partial charge in [-0.15, -0.1) is 0 Å². The maximum atomic E-state index is 13.7. The molecule has 1 amide bonds. The van der Waals surface area contributed by atoms with Gasteiger partial charge in [-0.3, -0.25) is 0 Å². The summed E-state index contributed by atoms with van der Waals surface area (Å²) in [4.78, 5) is 12.7. The second-order valence-corrected chi connectivity index (χ2v) is 5.66. The number of ether oxygens (including phenoxy) is 1. The first-order chi connectivity index (χ1) is 8.15. The van der Waals surface area contributed by atoms with Crippen molar-refractivity contribution in [1.29, 1.82) is 0 Å². The third kappa shape index (κ3) is 4.08. The smallest absolute Gasteiger partial charge is 0.410 e. The Morgan fingerprint density at radius 3 is 2.56 bits per heavy atom. The molecule has 0 unspecified atom stereocenters. The van der Waals surface area contributed by atoms with Crippen LogP contribution in [0, 0.1) is 5.92 Å². The van der Waals surface area contributed by atoms with Crippen LogP contribution in [0.4, 0.5) is 13.6 Å². The Hall–Kier alpha value is -0.910. The number of likely N-dealkylation sites (tertiary alicyclic amines) is 1. The summed E-state index contributed by atoms with van der Waals surface area (Å²) < 4.78 is 32.5. The Bertz CT molecular complexity index is 302. The van der Waals surface area contributed by atoms with Crippen LogP contribution in [0.2, 0.25) is 0 Å². The first kappa shape index (κ1) is 15.1. The van der Waals surface area contributed by atoms with Gasteiger partial charge in [-0.2, -0.15) is 0 Å². The molecule has 0 aliphatic carbocycles. The molecule has 4 nitrogen and oxygen atoms in total. The van der Waals surface area contributed by atoms with Gasteiger partial charge < -0.3 is 14.7 Å². The molecule has 0 aromatic heterocycles. The zero-order valence-electron chi connectivity index (χ0n) is 11.1. The van der Waals surface area contributed by atoms with Crippen LogP contribution < -0.4 is 0 Å². The highest BCUT2D eigenvalue weighted by atomic mass is 19.3. The van der Waals surface area contributed by atoms with E-state index in [1.807, 2.05) is 0 Å². The van der Waals surface area contributed by atoms with Gasteiger partial charge in [0.15, 0.2) is 0 Å². The van der Waals surface area contributed by atoms with Gasteiger partial charge in [-0.25, -0.2) is 13.6 Å². The van der Waals surface area contributed by atoms with E-state index in [0.717, 1.165) is 4.90 Å². The maximum absolute atomic E-state index is 13.7. The molecule has 1 aliphatic rings. The van der Waals surface area contributed by atoms with Crippen LogP contribution in [0.5, 0.6) is 0 Å². The summed E-state index contributed by atoms with van der Waals surface area (Å²) in [5, 5.41) is 8.74. The molecule has 1 rings (SSSR count). The van der Waals surface area contributed by atoms with E-state index in [-0.39, 0.29) is 26.0 Å². The standard InChI is InChI=1S/C12H21F2NO3/c1-11(2,3)18-10(17)15-6-4-9(5-7-16)12(13,14)8-15/h9,16H,4-8H2,1-3H3/t9-/m0/s1. The molecule has 1 aliphatic heterocycles. The maximum Gasteiger partial charge on any atom is 0.410 e. The molecular weight excluding hydrogens is 244 g/mol. The predicted molar refractivity (Wildman–Crippen MR) is 62.6 cm³/mol. The summed E-state index contributed by atoms with van der Waals surface area (Å²) in [6.45, 7) is 4.44. The zero-order chi connectivity index (χ0) is 14.0. The molecule has 0 aromatic rings. The molecule has 18 heavy (non-hydrogen) atoms. The SMILES string of the molecule is CC(C)(C)OC(=O)N1CC[C@@H](CCO)C(F)(F)C1. The summed E-state index contributed by atoms with van der Waals surface area (Å²) in [7, 11) is 0. The van der Waals surface area contributed by atoms with Gasteiger partial charge in [0, 0.05) is 19.1 Å². The van der Waals surface area contributed by atoms with E-state index in [2.05, 4.69) is 0 Å². The van der Waals surface area contributed by atoms with E-state index in [0.29, 0.717) is 0 Å². The van der Waals surface area contributed by atoms with E-state index in [4.69, 9.17) is 9.84 Å². The lowest BCUT2D eigenvalue weighted by Gasteiger charge is -2.38. The van der Waals surface area contributed by atoms with Crippen molar-refractivity contribution in [1.82, 2.24) is 4.90 Å². The van der Waals surface area contributed by atoms with Gasteiger partial charge in [0.2, 0.25) is 0 Å². The molecule has 1 heterocycles. The zero-order valence-corrected chi connectivity index (χ0v) is 11.1. The van der Waals surface area contributed by atoms with E-state index in [9.17, 15) is 13.6 Å². The Balaban J connectivity index is 2.60. The van der Waals surface area contributed by atoms with Crippen molar-refractivity contribution in [2.45, 2.75) is 45.1 Å². The fourth-order valence-electron chi connectivity index (χ4n) is 1.98. The molecule has 1 fully saturated rings. The van der Waals surface area contributed by atoms with Gasteiger partial charge >= 0.3 is 6.09 Å². The Morgan fingerprint density at radius 2 is 2.11 bits per heavy atom. The molecule has 0 spiro atoms. The predicted octanol–water partition coefficient (Wildman–Crippen LogP) is 2.26. The third-order valence-electron chi connectivity index (χ3n) is 2.88. The van der Waals surface area contributed by atoms with Crippen LogP contribution in [-0.2, 0) is 4.74 Å². The van der Waals surface area contributed by atoms with Crippen LogP contribution >= 0.6 is 0 Å². The topological polar surface area (TPSA) is 49.8 Å². The average Bonchev–Trinajstić information content (AvgIpc) is 2.18. The number of amides is 1. The number of carbonyl (C=O) groups is 1. The largest absolute Gasteiger partial charge is 0.444 e. The van der Waals surface area contributed by atoms with Gasteiger partial charge in [-0.1, -0.05) is 0 Å². The first-order valence-electron chi connectivity index (χ1n) is 6.12. The van der Waals surface area contributed by atoms with Crippen molar-refractivity contribution in [2.24, 2.45) is 5.92 Å². The number of hydrogen-bond acceptors (Lipinski definition) is 3. The normalized spacial score (nSPS) is 23.9. The lowest BCUT2D eigenvalue weighted by molar-refractivity contribution is -0.115. The monoisotopic (exact) mass is 265 g/mol. The van der Waals surface area contributed by atoms with Crippen LogP contribution in [-0.4, -0.2) is 47.3 Å². The molecular formula is C12H21F2NO3. The van der Waals surface area contributed by atoms with Gasteiger partial charge in [0.1, 0.15) is 5.60 Å². The van der Waals surface area contributed by atoms with Crippen LogP contribution in [0.1, 0.15) is 33.6 Å². The first-order valence-corrected chi connectivity index (χ1v) is 6.12. The lowest BCUT2D eigenvalue weighted by atomic mass is 9.90. The Morgan fingerprint density at radius 1 is 1.50 bits per heavy atom. The summed E-state index contributed by atoms with van der Waals surface area (Å²) in [5.41, 5.74) is -0.686. The third-order valence-corrected chi connectivity index (χ3v) is 2.88. The number of nitrogens with zero attached hydrogens (tertiary/aromatic N) is 1. The molecule has 106 valence electrons. The van der Waals surface area contributed by atoms with Crippen molar-refractivity contribution in [3.05, 3.63) is 0 Å². The fourth-order valence-corrected chi connectivity index (χ4v) is 1.98. The summed E-state index contributed by atoms with van der Waals surface area (Å²) >= 11 is 0. The van der Waals surface area contributed by atoms with Gasteiger partial charge in [0.05, 0.1) is 6.54 Å². The molecule has 0 radical (unpaired) electrons. The van der Waals surface area contributed by atoms with E-state index < -0.39 is 30.1 Å². The lowest BCUT2D eigenvalue weighted by Crippen LogP contribution is -2.52. The van der Waals surface area contributed by atoms with E-state index in [1.54, 1.807) is 20.8 Å². The van der Waals surface area contributed by atoms with Crippen molar-refractivity contribution >= 4 is 6.09 Å². The molecule has 1 N–H and O–H groups in total. The van der Waals surface area contributed by atoms with E-state index in [1.165, 1.54) is 0 Å². The molecule has 6 heteroatoms.